The number of fused-ring (bicyclic) bond motifs is 1. The monoisotopic (exact) mass is 358 g/mol. The number of anilines is 1. The third-order valence-electron chi connectivity index (χ3n) is 4.28. The molecule has 1 aromatic rings. The highest BCUT2D eigenvalue weighted by molar-refractivity contribution is 5.89. The molecule has 1 amide bonds. The predicted molar refractivity (Wildman–Crippen MR) is 90.7 cm³/mol. The molecule has 1 aromatic carbocycles. The van der Waals surface area contributed by atoms with Crippen molar-refractivity contribution in [1.82, 2.24) is 4.90 Å². The van der Waals surface area contributed by atoms with Crippen LogP contribution in [0.3, 0.4) is 0 Å². The summed E-state index contributed by atoms with van der Waals surface area (Å²) in [4.78, 5) is 15.9. The van der Waals surface area contributed by atoms with Crippen molar-refractivity contribution in [1.29, 1.82) is 0 Å². The molecule has 0 saturated carbocycles. The van der Waals surface area contributed by atoms with Gasteiger partial charge in [0.1, 0.15) is 5.60 Å². The number of nitrogens with zero attached hydrogens (tertiary/aromatic N) is 2. The van der Waals surface area contributed by atoms with Crippen molar-refractivity contribution in [2.24, 2.45) is 0 Å². The maximum Gasteiger partial charge on any atom is 0.416 e. The predicted octanol–water partition coefficient (Wildman–Crippen LogP) is 4.84. The van der Waals surface area contributed by atoms with Gasteiger partial charge >= 0.3 is 12.3 Å². The Bertz CT molecular complexity index is 638. The smallest absolute Gasteiger partial charge is 0.416 e. The van der Waals surface area contributed by atoms with Gasteiger partial charge in [0, 0.05) is 12.6 Å². The molecule has 0 N–H and O–H groups in total. The first-order chi connectivity index (χ1) is 11.4. The van der Waals surface area contributed by atoms with Crippen LogP contribution in [0.1, 0.15) is 51.3 Å². The highest BCUT2D eigenvalue weighted by atomic mass is 19.4. The second-order valence-corrected chi connectivity index (χ2v) is 7.28. The summed E-state index contributed by atoms with van der Waals surface area (Å²) in [6.07, 6.45) is -4.40. The number of hydrogen-bond acceptors (Lipinski definition) is 3. The molecule has 0 radical (unpaired) electrons. The molecule has 7 heteroatoms. The third kappa shape index (κ3) is 4.45. The molecule has 1 aliphatic rings. The molecule has 0 fully saturated rings. The zero-order valence-electron chi connectivity index (χ0n) is 15.3. The topological polar surface area (TPSA) is 32.8 Å². The molecule has 0 spiro atoms. The van der Waals surface area contributed by atoms with E-state index in [2.05, 4.69) is 0 Å². The molecule has 1 atom stereocenters. The summed E-state index contributed by atoms with van der Waals surface area (Å²) in [6, 6.07) is 3.38. The van der Waals surface area contributed by atoms with E-state index in [0.29, 0.717) is 30.8 Å². The molecule has 0 aromatic heterocycles. The number of halogens is 3. The average molecular weight is 358 g/mol. The zero-order chi connectivity index (χ0) is 19.0. The van der Waals surface area contributed by atoms with Crippen LogP contribution in [0.4, 0.5) is 23.7 Å². The normalized spacial score (nSPS) is 18.3. The van der Waals surface area contributed by atoms with Crippen LogP contribution in [0.25, 0.3) is 0 Å². The van der Waals surface area contributed by atoms with Gasteiger partial charge in [-0.2, -0.15) is 13.2 Å². The van der Waals surface area contributed by atoms with Crippen LogP contribution in [0, 0.1) is 0 Å². The summed E-state index contributed by atoms with van der Waals surface area (Å²) in [6.45, 7) is 8.34. The molecule has 2 rings (SSSR count). The summed E-state index contributed by atoms with van der Waals surface area (Å²) in [5.41, 5.74) is -0.373. The van der Waals surface area contributed by atoms with Crippen LogP contribution in [-0.2, 0) is 10.9 Å². The Morgan fingerprint density at radius 1 is 1.32 bits per heavy atom. The largest absolute Gasteiger partial charge is 0.443 e. The van der Waals surface area contributed by atoms with Crippen LogP contribution in [-0.4, -0.2) is 36.7 Å². The highest BCUT2D eigenvalue weighted by Gasteiger charge is 2.36. The van der Waals surface area contributed by atoms with E-state index in [1.807, 2.05) is 18.9 Å². The molecule has 0 saturated heterocycles. The second kappa shape index (κ2) is 6.86. The number of carbonyl (C=O) groups is 1. The van der Waals surface area contributed by atoms with E-state index in [0.717, 1.165) is 12.1 Å². The lowest BCUT2D eigenvalue weighted by Gasteiger charge is -2.39. The molecule has 1 heterocycles. The molecule has 0 bridgehead atoms. The summed E-state index contributed by atoms with van der Waals surface area (Å²) in [5, 5.41) is 0. The van der Waals surface area contributed by atoms with E-state index < -0.39 is 23.4 Å². The van der Waals surface area contributed by atoms with Gasteiger partial charge in [0.2, 0.25) is 0 Å². The van der Waals surface area contributed by atoms with Gasteiger partial charge in [0.25, 0.3) is 0 Å². The van der Waals surface area contributed by atoms with E-state index >= 15 is 0 Å². The Labute approximate surface area is 146 Å². The van der Waals surface area contributed by atoms with Gasteiger partial charge in [-0.15, -0.1) is 0 Å². The Hall–Kier alpha value is -1.76. The second-order valence-electron chi connectivity index (χ2n) is 7.28. The zero-order valence-corrected chi connectivity index (χ0v) is 15.3. The highest BCUT2D eigenvalue weighted by Crippen LogP contribution is 2.41. The Kier molecular flexibility index (Phi) is 5.37. The SMILES string of the molecule is CCN(C)C1CCN(C(=O)OC(C)(C)C)c2ccc(C(F)(F)F)cc21. The van der Waals surface area contributed by atoms with Crippen molar-refractivity contribution in [3.05, 3.63) is 29.3 Å². The van der Waals surface area contributed by atoms with Gasteiger partial charge in [-0.1, -0.05) is 6.92 Å². The number of hydrogen-bond donors (Lipinski definition) is 0. The van der Waals surface area contributed by atoms with Gasteiger partial charge < -0.3 is 4.74 Å². The maximum absolute atomic E-state index is 13.1. The van der Waals surface area contributed by atoms with Crippen LogP contribution in [0.5, 0.6) is 0 Å². The number of carbonyl (C=O) groups excluding carboxylic acids is 1. The van der Waals surface area contributed by atoms with Crippen LogP contribution in [0.15, 0.2) is 18.2 Å². The molecular weight excluding hydrogens is 333 g/mol. The molecule has 0 aliphatic carbocycles. The Morgan fingerprint density at radius 2 is 1.96 bits per heavy atom. The minimum absolute atomic E-state index is 0.166. The number of rotatable bonds is 2. The van der Waals surface area contributed by atoms with Gasteiger partial charge in [-0.05, 0) is 64.5 Å². The minimum atomic E-state index is -4.42. The standard InChI is InChI=1S/C18H25F3N2O2/c1-6-22(5)14-9-10-23(16(24)25-17(2,3)4)15-8-7-12(11-13(14)15)18(19,20)21/h7-8,11,14H,6,9-10H2,1-5H3. The number of ether oxygens (including phenoxy) is 1. The lowest BCUT2D eigenvalue weighted by molar-refractivity contribution is -0.137. The summed E-state index contributed by atoms with van der Waals surface area (Å²) < 4.78 is 44.8. The van der Waals surface area contributed by atoms with Crippen molar-refractivity contribution in [3.63, 3.8) is 0 Å². The fourth-order valence-corrected chi connectivity index (χ4v) is 2.96. The average Bonchev–Trinajstić information content (AvgIpc) is 2.49. The third-order valence-corrected chi connectivity index (χ3v) is 4.28. The maximum atomic E-state index is 13.1. The number of benzene rings is 1. The fourth-order valence-electron chi connectivity index (χ4n) is 2.96. The van der Waals surface area contributed by atoms with Crippen molar-refractivity contribution < 1.29 is 22.7 Å². The van der Waals surface area contributed by atoms with E-state index in [1.54, 1.807) is 20.8 Å². The van der Waals surface area contributed by atoms with Gasteiger partial charge in [-0.3, -0.25) is 9.80 Å². The van der Waals surface area contributed by atoms with Crippen LogP contribution >= 0.6 is 0 Å². The van der Waals surface area contributed by atoms with E-state index in [4.69, 9.17) is 4.74 Å². The van der Waals surface area contributed by atoms with E-state index in [-0.39, 0.29) is 6.04 Å². The number of alkyl halides is 3. The molecule has 25 heavy (non-hydrogen) atoms. The van der Waals surface area contributed by atoms with Gasteiger partial charge in [0.15, 0.2) is 0 Å². The lowest BCUT2D eigenvalue weighted by Crippen LogP contribution is -2.43. The Morgan fingerprint density at radius 3 is 2.48 bits per heavy atom. The number of amides is 1. The Balaban J connectivity index is 2.46. The molecule has 140 valence electrons. The molecule has 1 unspecified atom stereocenters. The van der Waals surface area contributed by atoms with Crippen molar-refractivity contribution in [3.8, 4) is 0 Å². The summed E-state index contributed by atoms with van der Waals surface area (Å²) in [5.74, 6) is 0. The van der Waals surface area contributed by atoms with Crippen LogP contribution in [0.2, 0.25) is 0 Å². The van der Waals surface area contributed by atoms with Crippen molar-refractivity contribution in [2.45, 2.75) is 51.9 Å². The van der Waals surface area contributed by atoms with E-state index in [9.17, 15) is 18.0 Å². The molecule has 1 aliphatic heterocycles. The van der Waals surface area contributed by atoms with Gasteiger partial charge in [0.05, 0.1) is 11.3 Å². The summed E-state index contributed by atoms with van der Waals surface area (Å²) in [7, 11) is 1.87. The first kappa shape index (κ1) is 19.6. The molecule has 4 nitrogen and oxygen atoms in total. The fraction of sp³-hybridized carbons (Fsp3) is 0.611. The van der Waals surface area contributed by atoms with Gasteiger partial charge in [-0.25, -0.2) is 4.79 Å². The lowest BCUT2D eigenvalue weighted by atomic mass is 9.93. The van der Waals surface area contributed by atoms with Crippen LogP contribution < -0.4 is 4.90 Å². The first-order valence-electron chi connectivity index (χ1n) is 8.36. The van der Waals surface area contributed by atoms with Crippen molar-refractivity contribution in [2.75, 3.05) is 25.0 Å². The molecular formula is C18H25F3N2O2. The first-order valence-corrected chi connectivity index (χ1v) is 8.36. The van der Waals surface area contributed by atoms with Crippen molar-refractivity contribution >= 4 is 11.8 Å². The summed E-state index contributed by atoms with van der Waals surface area (Å²) >= 11 is 0. The van der Waals surface area contributed by atoms with E-state index in [1.165, 1.54) is 11.0 Å². The minimum Gasteiger partial charge on any atom is -0.443 e. The quantitative estimate of drug-likeness (QED) is 0.758.